The highest BCUT2D eigenvalue weighted by Gasteiger charge is 2.26. The third-order valence-electron chi connectivity index (χ3n) is 4.82. The average Bonchev–Trinajstić information content (AvgIpc) is 3.30. The first-order valence-corrected chi connectivity index (χ1v) is 8.74. The van der Waals surface area contributed by atoms with E-state index in [0.717, 1.165) is 16.4 Å². The minimum Gasteiger partial charge on any atom is -0.314 e. The van der Waals surface area contributed by atoms with Gasteiger partial charge in [-0.15, -0.1) is 12.4 Å². The van der Waals surface area contributed by atoms with Crippen LogP contribution in [-0.2, 0) is 0 Å². The van der Waals surface area contributed by atoms with Crippen LogP contribution >= 0.6 is 28.3 Å². The number of likely N-dealkylation sites (tertiary alicyclic amines) is 1. The Balaban J connectivity index is 0.00000161. The van der Waals surface area contributed by atoms with E-state index in [1.807, 2.05) is 0 Å². The number of hydrogen-bond donors (Lipinski definition) is 1. The third kappa shape index (κ3) is 4.95. The predicted octanol–water partition coefficient (Wildman–Crippen LogP) is 4.40. The Labute approximate surface area is 143 Å². The van der Waals surface area contributed by atoms with Gasteiger partial charge in [-0.3, -0.25) is 4.90 Å². The lowest BCUT2D eigenvalue weighted by Gasteiger charge is -2.36. The molecule has 1 aliphatic carbocycles. The molecule has 1 saturated carbocycles. The van der Waals surface area contributed by atoms with E-state index in [1.165, 1.54) is 50.9 Å². The molecule has 2 fully saturated rings. The van der Waals surface area contributed by atoms with Crippen molar-refractivity contribution < 1.29 is 0 Å². The van der Waals surface area contributed by atoms with Gasteiger partial charge in [-0.2, -0.15) is 0 Å². The first-order chi connectivity index (χ1) is 9.72. The zero-order chi connectivity index (χ0) is 13.9. The van der Waals surface area contributed by atoms with Gasteiger partial charge in [0.1, 0.15) is 0 Å². The van der Waals surface area contributed by atoms with E-state index in [-0.39, 0.29) is 12.4 Å². The van der Waals surface area contributed by atoms with Crippen molar-refractivity contribution >= 4 is 28.3 Å². The van der Waals surface area contributed by atoms with Crippen LogP contribution in [0.15, 0.2) is 28.7 Å². The predicted molar refractivity (Wildman–Crippen MR) is 95.1 cm³/mol. The van der Waals surface area contributed by atoms with E-state index in [9.17, 15) is 0 Å². The second kappa shape index (κ2) is 7.96. The largest absolute Gasteiger partial charge is 0.314 e. The van der Waals surface area contributed by atoms with Crippen LogP contribution in [0.2, 0.25) is 0 Å². The third-order valence-corrected chi connectivity index (χ3v) is 5.35. The van der Waals surface area contributed by atoms with Crippen molar-refractivity contribution in [2.75, 3.05) is 19.6 Å². The van der Waals surface area contributed by atoms with E-state index < -0.39 is 0 Å². The van der Waals surface area contributed by atoms with Crippen LogP contribution in [0.4, 0.5) is 0 Å². The Kier molecular flexibility index (Phi) is 6.54. The molecule has 1 N–H and O–H groups in total. The second-order valence-electron chi connectivity index (χ2n) is 6.39. The van der Waals surface area contributed by atoms with Crippen molar-refractivity contribution in [2.24, 2.45) is 5.92 Å². The fourth-order valence-electron chi connectivity index (χ4n) is 3.10. The molecule has 21 heavy (non-hydrogen) atoms. The van der Waals surface area contributed by atoms with Crippen LogP contribution in [0.1, 0.15) is 44.2 Å². The molecule has 0 amide bonds. The van der Waals surface area contributed by atoms with Gasteiger partial charge in [-0.1, -0.05) is 28.1 Å². The van der Waals surface area contributed by atoms with Gasteiger partial charge in [0.05, 0.1) is 0 Å². The van der Waals surface area contributed by atoms with Gasteiger partial charge in [0, 0.05) is 29.6 Å². The molecular formula is C17H26BrClN2. The molecule has 1 saturated heterocycles. The highest BCUT2D eigenvalue weighted by molar-refractivity contribution is 9.10. The maximum Gasteiger partial charge on any atom is 0.0319 e. The monoisotopic (exact) mass is 372 g/mol. The maximum absolute atomic E-state index is 3.76. The summed E-state index contributed by atoms with van der Waals surface area (Å²) in [6.45, 7) is 6.03. The fraction of sp³-hybridized carbons (Fsp3) is 0.647. The van der Waals surface area contributed by atoms with Crippen molar-refractivity contribution in [3.63, 3.8) is 0 Å². The zero-order valence-electron chi connectivity index (χ0n) is 12.7. The normalized spacial score (nSPS) is 21.8. The summed E-state index contributed by atoms with van der Waals surface area (Å²) in [4.78, 5) is 2.62. The molecule has 2 aliphatic rings. The van der Waals surface area contributed by atoms with Gasteiger partial charge in [-0.05, 0) is 62.8 Å². The number of benzene rings is 1. The zero-order valence-corrected chi connectivity index (χ0v) is 15.1. The lowest BCUT2D eigenvalue weighted by molar-refractivity contribution is 0.152. The summed E-state index contributed by atoms with van der Waals surface area (Å²) >= 11 is 3.51. The molecule has 4 heteroatoms. The maximum atomic E-state index is 3.76. The Morgan fingerprint density at radius 1 is 1.14 bits per heavy atom. The summed E-state index contributed by atoms with van der Waals surface area (Å²) in [7, 11) is 0. The SMILES string of the molecule is CC(c1ccc(Br)cc1)N1CCC(NCC2CC2)CC1.Cl. The topological polar surface area (TPSA) is 15.3 Å². The van der Waals surface area contributed by atoms with E-state index in [0.29, 0.717) is 6.04 Å². The van der Waals surface area contributed by atoms with Crippen molar-refractivity contribution in [3.05, 3.63) is 34.3 Å². The molecule has 0 spiro atoms. The van der Waals surface area contributed by atoms with Crippen LogP contribution < -0.4 is 5.32 Å². The lowest BCUT2D eigenvalue weighted by Crippen LogP contribution is -2.43. The molecule has 3 rings (SSSR count). The van der Waals surface area contributed by atoms with Crippen LogP contribution in [-0.4, -0.2) is 30.6 Å². The van der Waals surface area contributed by atoms with Crippen LogP contribution in [0.5, 0.6) is 0 Å². The Bertz CT molecular complexity index is 425. The smallest absolute Gasteiger partial charge is 0.0319 e. The fourth-order valence-corrected chi connectivity index (χ4v) is 3.36. The minimum atomic E-state index is 0. The molecule has 2 nitrogen and oxygen atoms in total. The van der Waals surface area contributed by atoms with Crippen molar-refractivity contribution in [2.45, 2.75) is 44.7 Å². The van der Waals surface area contributed by atoms with Gasteiger partial charge < -0.3 is 5.32 Å². The van der Waals surface area contributed by atoms with Gasteiger partial charge in [-0.25, -0.2) is 0 Å². The van der Waals surface area contributed by atoms with E-state index in [4.69, 9.17) is 0 Å². The average molecular weight is 374 g/mol. The number of nitrogens with zero attached hydrogens (tertiary/aromatic N) is 1. The molecule has 118 valence electrons. The molecular weight excluding hydrogens is 348 g/mol. The van der Waals surface area contributed by atoms with Gasteiger partial charge >= 0.3 is 0 Å². The van der Waals surface area contributed by atoms with Gasteiger partial charge in [0.15, 0.2) is 0 Å². The van der Waals surface area contributed by atoms with Gasteiger partial charge in [0.25, 0.3) is 0 Å². The highest BCUT2D eigenvalue weighted by atomic mass is 79.9. The number of piperidine rings is 1. The molecule has 1 aromatic carbocycles. The highest BCUT2D eigenvalue weighted by Crippen LogP contribution is 2.29. The quantitative estimate of drug-likeness (QED) is 0.823. The number of halogens is 2. The Morgan fingerprint density at radius 2 is 1.76 bits per heavy atom. The van der Waals surface area contributed by atoms with E-state index >= 15 is 0 Å². The molecule has 1 aliphatic heterocycles. The summed E-state index contributed by atoms with van der Waals surface area (Å²) in [5.74, 6) is 0.995. The van der Waals surface area contributed by atoms with Crippen LogP contribution in [0, 0.1) is 5.92 Å². The summed E-state index contributed by atoms with van der Waals surface area (Å²) in [5.41, 5.74) is 1.43. The molecule has 0 bridgehead atoms. The molecule has 1 unspecified atom stereocenters. The van der Waals surface area contributed by atoms with E-state index in [1.54, 1.807) is 0 Å². The molecule has 0 radical (unpaired) electrons. The number of nitrogens with one attached hydrogen (secondary N) is 1. The summed E-state index contributed by atoms with van der Waals surface area (Å²) in [6, 6.07) is 10.1. The minimum absolute atomic E-state index is 0. The first-order valence-electron chi connectivity index (χ1n) is 7.95. The molecule has 1 atom stereocenters. The standard InChI is InChI=1S/C17H25BrN2.ClH/c1-13(15-4-6-16(18)7-5-15)20-10-8-17(9-11-20)19-12-14-2-3-14;/h4-7,13-14,17,19H,2-3,8-12H2,1H3;1H. The number of rotatable bonds is 5. The Morgan fingerprint density at radius 3 is 2.33 bits per heavy atom. The molecule has 1 heterocycles. The lowest BCUT2D eigenvalue weighted by atomic mass is 10.00. The van der Waals surface area contributed by atoms with Crippen molar-refractivity contribution in [1.82, 2.24) is 10.2 Å². The molecule has 1 aromatic rings. The molecule has 0 aromatic heterocycles. The van der Waals surface area contributed by atoms with Gasteiger partial charge in [0.2, 0.25) is 0 Å². The van der Waals surface area contributed by atoms with Crippen molar-refractivity contribution in [3.8, 4) is 0 Å². The second-order valence-corrected chi connectivity index (χ2v) is 7.31. The summed E-state index contributed by atoms with van der Waals surface area (Å²) in [5, 5.41) is 3.76. The van der Waals surface area contributed by atoms with Crippen LogP contribution in [0.25, 0.3) is 0 Å². The van der Waals surface area contributed by atoms with Crippen molar-refractivity contribution in [1.29, 1.82) is 0 Å². The number of hydrogen-bond acceptors (Lipinski definition) is 2. The summed E-state index contributed by atoms with van der Waals surface area (Å²) < 4.78 is 1.16. The summed E-state index contributed by atoms with van der Waals surface area (Å²) in [6.07, 6.45) is 5.50. The first kappa shape index (κ1) is 17.3. The van der Waals surface area contributed by atoms with E-state index in [2.05, 4.69) is 57.3 Å². The Hall–Kier alpha value is -0.0900. The van der Waals surface area contributed by atoms with Crippen LogP contribution in [0.3, 0.4) is 0 Å².